The average Bonchev–Trinajstić information content (AvgIpc) is 2.18. The van der Waals surface area contributed by atoms with Crippen LogP contribution in [0.1, 0.15) is 33.3 Å². The van der Waals surface area contributed by atoms with Gasteiger partial charge in [0.2, 0.25) is 0 Å². The van der Waals surface area contributed by atoms with E-state index in [1.807, 2.05) is 13.0 Å². The van der Waals surface area contributed by atoms with Gasteiger partial charge in [0, 0.05) is 11.3 Å². The van der Waals surface area contributed by atoms with Gasteiger partial charge in [-0.15, -0.1) is 0 Å². The third kappa shape index (κ3) is 3.06. The van der Waals surface area contributed by atoms with Crippen LogP contribution in [0.3, 0.4) is 0 Å². The van der Waals surface area contributed by atoms with Crippen LogP contribution in [-0.4, -0.2) is 29.5 Å². The molecule has 0 saturated heterocycles. The molecule has 17 heavy (non-hydrogen) atoms. The molecule has 0 atom stereocenters. The van der Waals surface area contributed by atoms with E-state index in [1.165, 1.54) is 16.8 Å². The van der Waals surface area contributed by atoms with Crippen LogP contribution >= 0.6 is 0 Å². The van der Waals surface area contributed by atoms with Crippen LogP contribution in [0.4, 0.5) is 5.69 Å². The number of hydrogen-bond donors (Lipinski definition) is 1. The fourth-order valence-electron chi connectivity index (χ4n) is 2.22. The molecule has 0 bridgehead atoms. The molecule has 92 valence electrons. The number of fused-ring (bicyclic) bond motifs is 1. The van der Waals surface area contributed by atoms with E-state index in [9.17, 15) is 0 Å². The van der Waals surface area contributed by atoms with E-state index in [-0.39, 0.29) is 22.9 Å². The summed E-state index contributed by atoms with van der Waals surface area (Å²) in [5, 5.41) is 3.50. The van der Waals surface area contributed by atoms with E-state index in [0.717, 1.165) is 5.75 Å². The molecule has 0 spiro atoms. The Hall–Kier alpha value is -0.908. The van der Waals surface area contributed by atoms with Crippen LogP contribution in [0.5, 0.6) is 5.75 Å². The summed E-state index contributed by atoms with van der Waals surface area (Å²) in [5.41, 5.74) is 3.77. The summed E-state index contributed by atoms with van der Waals surface area (Å²) in [7, 11) is 0. The molecule has 0 radical (unpaired) electrons. The Bertz CT molecular complexity index is 438. The van der Waals surface area contributed by atoms with E-state index in [2.05, 4.69) is 44.3 Å². The van der Waals surface area contributed by atoms with Gasteiger partial charge in [-0.3, -0.25) is 0 Å². The van der Waals surface area contributed by atoms with Gasteiger partial charge in [-0.05, 0) is 51.5 Å². The van der Waals surface area contributed by atoms with E-state index in [4.69, 9.17) is 4.74 Å². The molecule has 1 aromatic rings. The lowest BCUT2D eigenvalue weighted by atomic mass is 9.91. The number of anilines is 1. The highest BCUT2D eigenvalue weighted by atomic mass is 27.0. The van der Waals surface area contributed by atoms with Gasteiger partial charge in [-0.25, -0.2) is 0 Å². The molecule has 0 aromatic heterocycles. The van der Waals surface area contributed by atoms with Gasteiger partial charge in [0.1, 0.15) is 5.75 Å². The maximum Gasteiger partial charge on any atom is 0.187 e. The van der Waals surface area contributed by atoms with Crippen LogP contribution in [-0.2, 0) is 0 Å². The van der Waals surface area contributed by atoms with Crippen molar-refractivity contribution in [1.82, 2.24) is 0 Å². The maximum absolute atomic E-state index is 5.52. The highest BCUT2D eigenvalue weighted by Gasteiger charge is 2.22. The van der Waals surface area contributed by atoms with Crippen molar-refractivity contribution in [3.8, 4) is 5.75 Å². The molecule has 3 heteroatoms. The van der Waals surface area contributed by atoms with Gasteiger partial charge in [0.25, 0.3) is 0 Å². The fraction of sp³-hybridized carbons (Fsp3) is 0.429. The van der Waals surface area contributed by atoms with Crippen molar-refractivity contribution in [3.63, 3.8) is 0 Å². The normalized spacial score (nSPS) is 16.1. The second-order valence-electron chi connectivity index (χ2n) is 4.81. The monoisotopic (exact) mass is 247 g/mol. The summed E-state index contributed by atoms with van der Waals surface area (Å²) in [4.78, 5) is 0. The maximum atomic E-state index is 5.52. The molecule has 0 amide bonds. The van der Waals surface area contributed by atoms with Crippen molar-refractivity contribution >= 4 is 28.6 Å². The highest BCUT2D eigenvalue weighted by molar-refractivity contribution is 5.80. The van der Waals surface area contributed by atoms with Crippen molar-refractivity contribution in [2.24, 2.45) is 0 Å². The first-order valence-electron chi connectivity index (χ1n) is 5.77. The van der Waals surface area contributed by atoms with Gasteiger partial charge in [0.05, 0.1) is 12.1 Å². The van der Waals surface area contributed by atoms with Crippen molar-refractivity contribution in [2.45, 2.75) is 33.2 Å². The largest absolute Gasteiger partial charge is 0.494 e. The molecule has 1 aliphatic heterocycles. The minimum Gasteiger partial charge on any atom is -0.494 e. The molecule has 0 aliphatic carbocycles. The first-order chi connectivity index (χ1) is 7.52. The van der Waals surface area contributed by atoms with Gasteiger partial charge in [0.15, 0.2) is 17.4 Å². The lowest BCUT2D eigenvalue weighted by Crippen LogP contribution is -2.31. The van der Waals surface area contributed by atoms with Crippen LogP contribution in [0.2, 0.25) is 0 Å². The Balaban J connectivity index is 0.00000144. The van der Waals surface area contributed by atoms with Crippen molar-refractivity contribution in [3.05, 3.63) is 29.8 Å². The lowest BCUT2D eigenvalue weighted by Gasteiger charge is -2.31. The summed E-state index contributed by atoms with van der Waals surface area (Å²) in [6.07, 6.45) is 2.26. The highest BCUT2D eigenvalue weighted by Crippen LogP contribution is 2.35. The first kappa shape index (κ1) is 14.2. The lowest BCUT2D eigenvalue weighted by molar-refractivity contribution is 0.340. The van der Waals surface area contributed by atoms with Gasteiger partial charge in [-0.2, -0.15) is 0 Å². The number of rotatable bonds is 2. The SMILES string of the molecule is CCOc1ccc2c(c1)C(C)=CC(C)(C)N2.[AlH3]. The second-order valence-corrected chi connectivity index (χ2v) is 4.81. The fourth-order valence-corrected chi connectivity index (χ4v) is 2.22. The number of benzene rings is 1. The molecule has 0 saturated carbocycles. The Kier molecular flexibility index (Phi) is 4.30. The number of ether oxygens (including phenoxy) is 1. The minimum atomic E-state index is 0. The van der Waals surface area contributed by atoms with Gasteiger partial charge < -0.3 is 10.1 Å². The zero-order valence-electron chi connectivity index (χ0n) is 10.4. The summed E-state index contributed by atoms with van der Waals surface area (Å²) in [6, 6.07) is 6.22. The Labute approximate surface area is 114 Å². The first-order valence-corrected chi connectivity index (χ1v) is 5.77. The standard InChI is InChI=1S/C14H19NO.Al.3H/c1-5-16-11-6-7-13-12(8-11)10(2)9-14(3,4)15-13;;;;/h6-9,15H,5H2,1-4H3;;;;. The zero-order chi connectivity index (χ0) is 11.8. The molecule has 2 nitrogen and oxygen atoms in total. The third-order valence-electron chi connectivity index (χ3n) is 2.76. The predicted octanol–water partition coefficient (Wildman–Crippen LogP) is 2.51. The van der Waals surface area contributed by atoms with Crippen molar-refractivity contribution in [1.29, 1.82) is 0 Å². The number of hydrogen-bond acceptors (Lipinski definition) is 2. The van der Waals surface area contributed by atoms with E-state index in [1.54, 1.807) is 0 Å². The smallest absolute Gasteiger partial charge is 0.187 e. The molecule has 1 heterocycles. The molecular formula is C14H22AlNO. The topological polar surface area (TPSA) is 21.3 Å². The van der Waals surface area contributed by atoms with Crippen LogP contribution in [0.25, 0.3) is 5.57 Å². The molecular weight excluding hydrogens is 225 g/mol. The summed E-state index contributed by atoms with van der Waals surface area (Å²) in [6.45, 7) is 9.22. The summed E-state index contributed by atoms with van der Waals surface area (Å²) in [5.74, 6) is 0.940. The molecule has 1 N–H and O–H groups in total. The molecule has 1 aliphatic rings. The van der Waals surface area contributed by atoms with E-state index in [0.29, 0.717) is 6.61 Å². The van der Waals surface area contributed by atoms with Gasteiger partial charge in [-0.1, -0.05) is 6.08 Å². The van der Waals surface area contributed by atoms with Crippen molar-refractivity contribution < 1.29 is 4.74 Å². The molecule has 2 rings (SSSR count). The third-order valence-corrected chi connectivity index (χ3v) is 2.76. The molecule has 0 fully saturated rings. The van der Waals surface area contributed by atoms with E-state index >= 15 is 0 Å². The number of nitrogens with one attached hydrogen (secondary N) is 1. The van der Waals surface area contributed by atoms with Crippen LogP contribution < -0.4 is 10.1 Å². The second kappa shape index (κ2) is 5.16. The number of allylic oxidation sites excluding steroid dienone is 1. The van der Waals surface area contributed by atoms with Crippen molar-refractivity contribution in [2.75, 3.05) is 11.9 Å². The Morgan fingerprint density at radius 2 is 2.00 bits per heavy atom. The minimum absolute atomic E-state index is 0. The molecule has 1 aromatic carbocycles. The predicted molar refractivity (Wildman–Crippen MR) is 78.9 cm³/mol. The summed E-state index contributed by atoms with van der Waals surface area (Å²) >= 11 is 0. The summed E-state index contributed by atoms with van der Waals surface area (Å²) < 4.78 is 5.52. The van der Waals surface area contributed by atoms with E-state index < -0.39 is 0 Å². The Morgan fingerprint density at radius 3 is 2.65 bits per heavy atom. The van der Waals surface area contributed by atoms with Crippen LogP contribution in [0, 0.1) is 0 Å². The van der Waals surface area contributed by atoms with Crippen LogP contribution in [0.15, 0.2) is 24.3 Å². The zero-order valence-corrected chi connectivity index (χ0v) is 10.4. The quantitative estimate of drug-likeness (QED) is 0.811. The Morgan fingerprint density at radius 1 is 1.29 bits per heavy atom. The van der Waals surface area contributed by atoms with Gasteiger partial charge >= 0.3 is 0 Å². The molecule has 0 unspecified atom stereocenters. The average molecular weight is 247 g/mol.